The molecule has 0 atom stereocenters. The summed E-state index contributed by atoms with van der Waals surface area (Å²) in [5.41, 5.74) is 2.45. The van der Waals surface area contributed by atoms with E-state index >= 15 is 0 Å². The Morgan fingerprint density at radius 3 is 2.56 bits per heavy atom. The number of alkyl halides is 2. The summed E-state index contributed by atoms with van der Waals surface area (Å²) in [6.45, 7) is 6.49. The molecule has 1 aliphatic heterocycles. The lowest BCUT2D eigenvalue weighted by Crippen LogP contribution is -2.39. The highest BCUT2D eigenvalue weighted by Gasteiger charge is 2.26. The standard InChI is InChI=1S/C25H23F3N6O4S/c1-25(2,3)38-24(35)34-7-6-13-8-14(4-5-15(13)11-34)20-31-33-23(37-20)39-12-18-17(26)9-16(10-29-18)21-30-32-22(36-21)19(27)28/h4-5,8-10,19H,6-7,11-12H2,1-3H3. The molecule has 0 N–H and O–H groups in total. The molecule has 1 aliphatic rings. The molecule has 39 heavy (non-hydrogen) atoms. The fourth-order valence-corrected chi connectivity index (χ4v) is 4.52. The molecule has 3 aromatic heterocycles. The molecule has 0 unspecified atom stereocenters. The van der Waals surface area contributed by atoms with Gasteiger partial charge in [0, 0.05) is 30.6 Å². The summed E-state index contributed by atoms with van der Waals surface area (Å²) < 4.78 is 55.9. The molecule has 0 aliphatic carbocycles. The van der Waals surface area contributed by atoms with Crippen molar-refractivity contribution >= 4 is 17.9 Å². The van der Waals surface area contributed by atoms with Gasteiger partial charge in [0.25, 0.3) is 11.1 Å². The monoisotopic (exact) mass is 560 g/mol. The normalized spacial score (nSPS) is 13.6. The van der Waals surface area contributed by atoms with E-state index in [1.54, 1.807) is 4.90 Å². The first-order valence-corrected chi connectivity index (χ1v) is 12.9. The molecular formula is C25H23F3N6O4S. The van der Waals surface area contributed by atoms with Crippen LogP contribution in [0.2, 0.25) is 0 Å². The summed E-state index contributed by atoms with van der Waals surface area (Å²) in [6, 6.07) is 6.81. The molecule has 0 bridgehead atoms. The highest BCUT2D eigenvalue weighted by atomic mass is 32.2. The van der Waals surface area contributed by atoms with Crippen LogP contribution in [0.4, 0.5) is 18.0 Å². The van der Waals surface area contributed by atoms with Crippen molar-refractivity contribution in [2.75, 3.05) is 6.54 Å². The van der Waals surface area contributed by atoms with E-state index in [0.717, 1.165) is 34.5 Å². The third-order valence-electron chi connectivity index (χ3n) is 5.65. The van der Waals surface area contributed by atoms with Crippen LogP contribution in [0.1, 0.15) is 49.9 Å². The molecule has 4 aromatic rings. The van der Waals surface area contributed by atoms with Crippen LogP contribution < -0.4 is 0 Å². The van der Waals surface area contributed by atoms with Gasteiger partial charge in [-0.05, 0) is 56.5 Å². The van der Waals surface area contributed by atoms with Gasteiger partial charge in [0.2, 0.25) is 11.8 Å². The minimum absolute atomic E-state index is 0.0855. The van der Waals surface area contributed by atoms with Crippen molar-refractivity contribution in [1.82, 2.24) is 30.3 Å². The van der Waals surface area contributed by atoms with Crippen molar-refractivity contribution < 1.29 is 31.5 Å². The van der Waals surface area contributed by atoms with Gasteiger partial charge in [-0.2, -0.15) is 8.78 Å². The second kappa shape index (κ2) is 10.7. The van der Waals surface area contributed by atoms with Crippen molar-refractivity contribution in [2.24, 2.45) is 0 Å². The number of thioether (sulfide) groups is 1. The van der Waals surface area contributed by atoms with Gasteiger partial charge in [0.15, 0.2) is 0 Å². The van der Waals surface area contributed by atoms with Crippen LogP contribution in [-0.4, -0.2) is 48.5 Å². The van der Waals surface area contributed by atoms with Crippen LogP contribution in [0.15, 0.2) is 44.5 Å². The summed E-state index contributed by atoms with van der Waals surface area (Å²) in [7, 11) is 0. The number of pyridine rings is 1. The highest BCUT2D eigenvalue weighted by molar-refractivity contribution is 7.98. The molecule has 0 saturated carbocycles. The van der Waals surface area contributed by atoms with E-state index in [-0.39, 0.29) is 34.2 Å². The number of aromatic nitrogens is 5. The minimum atomic E-state index is -2.92. The molecule has 1 aromatic carbocycles. The van der Waals surface area contributed by atoms with Gasteiger partial charge >= 0.3 is 12.5 Å². The Labute approximate surface area is 225 Å². The second-order valence-electron chi connectivity index (χ2n) is 9.70. The van der Waals surface area contributed by atoms with Crippen LogP contribution in [0.25, 0.3) is 22.9 Å². The van der Waals surface area contributed by atoms with Crippen LogP contribution in [-0.2, 0) is 23.5 Å². The number of hydrogen-bond donors (Lipinski definition) is 0. The maximum absolute atomic E-state index is 14.6. The van der Waals surface area contributed by atoms with Gasteiger partial charge in [-0.15, -0.1) is 20.4 Å². The number of nitrogens with zero attached hydrogens (tertiary/aromatic N) is 6. The van der Waals surface area contributed by atoms with E-state index in [9.17, 15) is 18.0 Å². The number of amides is 1. The zero-order valence-electron chi connectivity index (χ0n) is 21.2. The van der Waals surface area contributed by atoms with Crippen LogP contribution in [0, 0.1) is 5.82 Å². The predicted octanol–water partition coefficient (Wildman–Crippen LogP) is 5.84. The van der Waals surface area contributed by atoms with Crippen LogP contribution in [0.3, 0.4) is 0 Å². The number of carbonyl (C=O) groups excluding carboxylic acids is 1. The number of benzene rings is 1. The quantitative estimate of drug-likeness (QED) is 0.266. The molecule has 204 valence electrons. The molecule has 10 nitrogen and oxygen atoms in total. The van der Waals surface area contributed by atoms with Gasteiger partial charge < -0.3 is 18.5 Å². The third kappa shape index (κ3) is 6.21. The first kappa shape index (κ1) is 26.7. The lowest BCUT2D eigenvalue weighted by atomic mass is 9.97. The Morgan fingerprint density at radius 2 is 1.85 bits per heavy atom. The summed E-state index contributed by atoms with van der Waals surface area (Å²) in [4.78, 5) is 18.1. The Bertz CT molecular complexity index is 1500. The Kier molecular flexibility index (Phi) is 7.30. The Hall–Kier alpha value is -3.94. The lowest BCUT2D eigenvalue weighted by molar-refractivity contribution is 0.0224. The molecular weight excluding hydrogens is 537 g/mol. The number of carbonyl (C=O) groups is 1. The van der Waals surface area contributed by atoms with Gasteiger partial charge in [0.1, 0.15) is 11.4 Å². The van der Waals surface area contributed by atoms with Gasteiger partial charge in [-0.1, -0.05) is 17.8 Å². The van der Waals surface area contributed by atoms with E-state index in [1.165, 1.54) is 6.20 Å². The Morgan fingerprint density at radius 1 is 1.08 bits per heavy atom. The first-order valence-electron chi connectivity index (χ1n) is 11.9. The molecule has 5 rings (SSSR count). The highest BCUT2D eigenvalue weighted by Crippen LogP contribution is 2.30. The summed E-state index contributed by atoms with van der Waals surface area (Å²) in [5.74, 6) is -1.37. The van der Waals surface area contributed by atoms with E-state index in [4.69, 9.17) is 13.6 Å². The van der Waals surface area contributed by atoms with E-state index in [0.29, 0.717) is 25.4 Å². The van der Waals surface area contributed by atoms with Crippen LogP contribution in [0.5, 0.6) is 0 Å². The average Bonchev–Trinajstić information content (AvgIpc) is 3.57. The van der Waals surface area contributed by atoms with E-state index < -0.39 is 23.7 Å². The van der Waals surface area contributed by atoms with Gasteiger partial charge in [-0.25, -0.2) is 9.18 Å². The largest absolute Gasteiger partial charge is 0.444 e. The number of hydrogen-bond acceptors (Lipinski definition) is 10. The maximum Gasteiger partial charge on any atom is 0.410 e. The minimum Gasteiger partial charge on any atom is -0.444 e. The zero-order chi connectivity index (χ0) is 27.7. The molecule has 0 fully saturated rings. The second-order valence-corrected chi connectivity index (χ2v) is 10.6. The maximum atomic E-state index is 14.6. The van der Waals surface area contributed by atoms with E-state index in [1.807, 2.05) is 39.0 Å². The summed E-state index contributed by atoms with van der Waals surface area (Å²) in [5, 5.41) is 15.1. The number of halogens is 3. The van der Waals surface area contributed by atoms with Crippen molar-refractivity contribution in [3.8, 4) is 22.9 Å². The molecule has 0 radical (unpaired) electrons. The fraction of sp³-hybridized carbons (Fsp3) is 0.360. The first-order chi connectivity index (χ1) is 18.6. The average molecular weight is 561 g/mol. The Balaban J connectivity index is 1.21. The molecule has 0 spiro atoms. The predicted molar refractivity (Wildman–Crippen MR) is 132 cm³/mol. The molecule has 1 amide bonds. The lowest BCUT2D eigenvalue weighted by Gasteiger charge is -2.31. The smallest absolute Gasteiger partial charge is 0.410 e. The topological polar surface area (TPSA) is 120 Å². The van der Waals surface area contributed by atoms with Crippen molar-refractivity contribution in [1.29, 1.82) is 0 Å². The SMILES string of the molecule is CC(C)(C)OC(=O)N1CCc2cc(-c3nnc(SCc4ncc(-c5nnc(C(F)F)o5)cc4F)o3)ccc2C1. The summed E-state index contributed by atoms with van der Waals surface area (Å²) >= 11 is 1.10. The molecule has 4 heterocycles. The van der Waals surface area contributed by atoms with Gasteiger partial charge in [-0.3, -0.25) is 4.98 Å². The number of fused-ring (bicyclic) bond motifs is 1. The fourth-order valence-electron chi connectivity index (χ4n) is 3.81. The number of ether oxygens (including phenoxy) is 1. The van der Waals surface area contributed by atoms with Crippen molar-refractivity contribution in [2.45, 2.75) is 56.7 Å². The summed E-state index contributed by atoms with van der Waals surface area (Å²) in [6.07, 6.45) is -1.34. The van der Waals surface area contributed by atoms with Crippen molar-refractivity contribution in [3.05, 3.63) is 59.0 Å². The third-order valence-corrected chi connectivity index (χ3v) is 6.48. The number of rotatable bonds is 6. The van der Waals surface area contributed by atoms with Crippen LogP contribution >= 0.6 is 11.8 Å². The molecule has 0 saturated heterocycles. The molecule has 14 heteroatoms. The van der Waals surface area contributed by atoms with Crippen molar-refractivity contribution in [3.63, 3.8) is 0 Å². The zero-order valence-corrected chi connectivity index (χ0v) is 22.0. The van der Waals surface area contributed by atoms with Gasteiger partial charge in [0.05, 0.1) is 11.3 Å². The van der Waals surface area contributed by atoms with E-state index in [2.05, 4.69) is 25.4 Å².